The summed E-state index contributed by atoms with van der Waals surface area (Å²) in [6, 6.07) is 0. The van der Waals surface area contributed by atoms with Crippen molar-refractivity contribution < 1.29 is 0 Å². The molecule has 0 aliphatic heterocycles. The summed E-state index contributed by atoms with van der Waals surface area (Å²) < 4.78 is 0. The van der Waals surface area contributed by atoms with E-state index in [9.17, 15) is 0 Å². The third-order valence-electron chi connectivity index (χ3n) is 3.65. The van der Waals surface area contributed by atoms with Gasteiger partial charge >= 0.3 is 0 Å². The molecule has 0 bridgehead atoms. The molecule has 0 atom stereocenters. The number of nitrogens with zero attached hydrogens (tertiary/aromatic N) is 3. The standard InChI is InChI=1S/C16H22N4S/c1-5-17-13-10-7-6-8-11(10)18-14(20-13)12-9-21-15(19-12)16(2,3)4/h9H,5-8H2,1-4H3,(H,17,18,20). The van der Waals surface area contributed by atoms with Crippen LogP contribution in [0.25, 0.3) is 11.5 Å². The van der Waals surface area contributed by atoms with Crippen LogP contribution in [0.4, 0.5) is 5.82 Å². The summed E-state index contributed by atoms with van der Waals surface area (Å²) in [6.07, 6.45) is 3.32. The van der Waals surface area contributed by atoms with E-state index in [1.165, 1.54) is 17.7 Å². The molecule has 1 aliphatic rings. The molecule has 0 aromatic carbocycles. The van der Waals surface area contributed by atoms with Crippen LogP contribution in [0.3, 0.4) is 0 Å². The molecule has 1 N–H and O–H groups in total. The minimum absolute atomic E-state index is 0.0736. The van der Waals surface area contributed by atoms with Gasteiger partial charge in [-0.05, 0) is 26.2 Å². The highest BCUT2D eigenvalue weighted by atomic mass is 32.1. The molecule has 2 heterocycles. The predicted molar refractivity (Wildman–Crippen MR) is 88.0 cm³/mol. The van der Waals surface area contributed by atoms with E-state index in [0.29, 0.717) is 0 Å². The maximum Gasteiger partial charge on any atom is 0.181 e. The Bertz CT molecular complexity index is 655. The molecule has 0 amide bonds. The Kier molecular flexibility index (Phi) is 3.69. The fourth-order valence-corrected chi connectivity index (χ4v) is 3.47. The summed E-state index contributed by atoms with van der Waals surface area (Å²) in [6.45, 7) is 9.53. The Morgan fingerprint density at radius 3 is 2.67 bits per heavy atom. The molecule has 5 heteroatoms. The number of hydrogen-bond acceptors (Lipinski definition) is 5. The fraction of sp³-hybridized carbons (Fsp3) is 0.562. The van der Waals surface area contributed by atoms with E-state index in [1.54, 1.807) is 11.3 Å². The summed E-state index contributed by atoms with van der Waals surface area (Å²) >= 11 is 1.69. The molecule has 0 saturated heterocycles. The molecule has 112 valence electrons. The third-order valence-corrected chi connectivity index (χ3v) is 4.92. The maximum atomic E-state index is 4.75. The third kappa shape index (κ3) is 2.79. The van der Waals surface area contributed by atoms with Crippen LogP contribution in [-0.4, -0.2) is 21.5 Å². The molecular weight excluding hydrogens is 280 g/mol. The largest absolute Gasteiger partial charge is 0.370 e. The molecule has 0 saturated carbocycles. The topological polar surface area (TPSA) is 50.7 Å². The number of fused-ring (bicyclic) bond motifs is 1. The summed E-state index contributed by atoms with van der Waals surface area (Å²) in [7, 11) is 0. The first kappa shape index (κ1) is 14.4. The highest BCUT2D eigenvalue weighted by molar-refractivity contribution is 7.10. The number of aromatic nitrogens is 3. The van der Waals surface area contributed by atoms with Gasteiger partial charge in [-0.2, -0.15) is 0 Å². The van der Waals surface area contributed by atoms with Crippen molar-refractivity contribution >= 4 is 17.2 Å². The van der Waals surface area contributed by atoms with E-state index < -0.39 is 0 Å². The lowest BCUT2D eigenvalue weighted by Gasteiger charge is -2.13. The fourth-order valence-electron chi connectivity index (χ4n) is 2.58. The van der Waals surface area contributed by atoms with Gasteiger partial charge in [0, 0.05) is 28.6 Å². The van der Waals surface area contributed by atoms with Crippen molar-refractivity contribution in [1.29, 1.82) is 0 Å². The van der Waals surface area contributed by atoms with E-state index in [4.69, 9.17) is 15.0 Å². The second-order valence-electron chi connectivity index (χ2n) is 6.49. The molecule has 21 heavy (non-hydrogen) atoms. The van der Waals surface area contributed by atoms with E-state index in [-0.39, 0.29) is 5.41 Å². The van der Waals surface area contributed by atoms with Gasteiger partial charge in [0.25, 0.3) is 0 Å². The lowest BCUT2D eigenvalue weighted by molar-refractivity contribution is 0.586. The van der Waals surface area contributed by atoms with Crippen LogP contribution >= 0.6 is 11.3 Å². The second kappa shape index (κ2) is 5.37. The zero-order valence-electron chi connectivity index (χ0n) is 13.2. The maximum absolute atomic E-state index is 4.75. The van der Waals surface area contributed by atoms with E-state index in [0.717, 1.165) is 41.7 Å². The molecule has 3 rings (SSSR count). The Morgan fingerprint density at radius 1 is 1.19 bits per heavy atom. The number of hydrogen-bond donors (Lipinski definition) is 1. The Labute approximate surface area is 130 Å². The van der Waals surface area contributed by atoms with Crippen molar-refractivity contribution in [2.45, 2.75) is 52.4 Å². The minimum Gasteiger partial charge on any atom is -0.370 e. The number of nitrogens with one attached hydrogen (secondary N) is 1. The van der Waals surface area contributed by atoms with Crippen LogP contribution in [0, 0.1) is 0 Å². The molecule has 0 fully saturated rings. The molecule has 4 nitrogen and oxygen atoms in total. The highest BCUT2D eigenvalue weighted by Crippen LogP contribution is 2.32. The molecule has 0 radical (unpaired) electrons. The normalized spacial score (nSPS) is 14.3. The van der Waals surface area contributed by atoms with Gasteiger partial charge in [0.15, 0.2) is 5.82 Å². The molecular formula is C16H22N4S. The monoisotopic (exact) mass is 302 g/mol. The Balaban J connectivity index is 2.03. The van der Waals surface area contributed by atoms with Gasteiger partial charge in [0.2, 0.25) is 0 Å². The van der Waals surface area contributed by atoms with E-state index in [2.05, 4.69) is 38.4 Å². The number of thiazole rings is 1. The van der Waals surface area contributed by atoms with E-state index >= 15 is 0 Å². The highest BCUT2D eigenvalue weighted by Gasteiger charge is 2.22. The number of aryl methyl sites for hydroxylation is 1. The van der Waals surface area contributed by atoms with Crippen molar-refractivity contribution in [2.24, 2.45) is 0 Å². The minimum atomic E-state index is 0.0736. The summed E-state index contributed by atoms with van der Waals surface area (Å²) in [4.78, 5) is 14.2. The van der Waals surface area contributed by atoms with Crippen LogP contribution in [0.2, 0.25) is 0 Å². The van der Waals surface area contributed by atoms with Gasteiger partial charge in [-0.3, -0.25) is 0 Å². The van der Waals surface area contributed by atoms with Crippen molar-refractivity contribution in [3.63, 3.8) is 0 Å². The van der Waals surface area contributed by atoms with Gasteiger partial charge in [0.1, 0.15) is 11.5 Å². The Hall–Kier alpha value is -1.49. The van der Waals surface area contributed by atoms with Crippen LogP contribution in [0.5, 0.6) is 0 Å². The predicted octanol–water partition coefficient (Wildman–Crippen LogP) is 3.82. The summed E-state index contributed by atoms with van der Waals surface area (Å²) in [5.74, 6) is 1.76. The number of anilines is 1. The van der Waals surface area contributed by atoms with Gasteiger partial charge < -0.3 is 5.32 Å². The summed E-state index contributed by atoms with van der Waals surface area (Å²) in [5, 5.41) is 6.59. The first-order chi connectivity index (χ1) is 9.99. The molecule has 1 aliphatic carbocycles. The second-order valence-corrected chi connectivity index (χ2v) is 7.35. The average molecular weight is 302 g/mol. The SMILES string of the molecule is CCNc1nc(-c2csc(C(C)(C)C)n2)nc2c1CCC2. The van der Waals surface area contributed by atoms with Gasteiger partial charge in [-0.1, -0.05) is 20.8 Å². The first-order valence-corrected chi connectivity index (χ1v) is 8.47. The van der Waals surface area contributed by atoms with Crippen molar-refractivity contribution in [2.75, 3.05) is 11.9 Å². The van der Waals surface area contributed by atoms with Crippen LogP contribution in [0.1, 0.15) is 50.4 Å². The number of rotatable bonds is 3. The van der Waals surface area contributed by atoms with Crippen molar-refractivity contribution in [1.82, 2.24) is 15.0 Å². The van der Waals surface area contributed by atoms with Gasteiger partial charge in [-0.25, -0.2) is 15.0 Å². The van der Waals surface area contributed by atoms with Gasteiger partial charge in [-0.15, -0.1) is 11.3 Å². The van der Waals surface area contributed by atoms with Crippen molar-refractivity contribution in [3.05, 3.63) is 21.6 Å². The zero-order chi connectivity index (χ0) is 15.0. The van der Waals surface area contributed by atoms with Gasteiger partial charge in [0.05, 0.1) is 5.01 Å². The van der Waals surface area contributed by atoms with Crippen LogP contribution in [-0.2, 0) is 18.3 Å². The van der Waals surface area contributed by atoms with Crippen molar-refractivity contribution in [3.8, 4) is 11.5 Å². The molecule has 0 unspecified atom stereocenters. The lowest BCUT2D eigenvalue weighted by Crippen LogP contribution is -2.10. The summed E-state index contributed by atoms with van der Waals surface area (Å²) in [5.41, 5.74) is 3.47. The molecule has 0 spiro atoms. The van der Waals surface area contributed by atoms with E-state index in [1.807, 2.05) is 0 Å². The average Bonchev–Trinajstić information content (AvgIpc) is 3.07. The smallest absolute Gasteiger partial charge is 0.181 e. The Morgan fingerprint density at radius 2 is 2.00 bits per heavy atom. The van der Waals surface area contributed by atoms with Crippen LogP contribution < -0.4 is 5.32 Å². The molecule has 2 aromatic rings. The van der Waals surface area contributed by atoms with Crippen LogP contribution in [0.15, 0.2) is 5.38 Å². The quantitative estimate of drug-likeness (QED) is 0.936. The lowest BCUT2D eigenvalue weighted by atomic mass is 9.98. The first-order valence-electron chi connectivity index (χ1n) is 7.59. The zero-order valence-corrected chi connectivity index (χ0v) is 14.0. The molecule has 2 aromatic heterocycles.